The third kappa shape index (κ3) is 1.83. The van der Waals surface area contributed by atoms with E-state index in [0.29, 0.717) is 0 Å². The van der Waals surface area contributed by atoms with E-state index in [1.165, 1.54) is 42.4 Å². The largest absolute Gasteiger partial charge is 0.308 e. The van der Waals surface area contributed by atoms with Crippen LogP contribution in [0.4, 0.5) is 17.1 Å². The van der Waals surface area contributed by atoms with Crippen molar-refractivity contribution in [3.63, 3.8) is 0 Å². The number of rotatable bonds is 0. The molecule has 0 spiro atoms. The van der Waals surface area contributed by atoms with Crippen LogP contribution in [0.3, 0.4) is 0 Å². The maximum Gasteiger partial charge on any atom is 0.0723 e. The summed E-state index contributed by atoms with van der Waals surface area (Å²) in [6.07, 6.45) is 0. The lowest BCUT2D eigenvalue weighted by atomic mass is 9.68. The molecule has 0 amide bonds. The van der Waals surface area contributed by atoms with Crippen LogP contribution in [0.5, 0.6) is 0 Å². The van der Waals surface area contributed by atoms with E-state index in [-0.39, 0.29) is 10.8 Å². The van der Waals surface area contributed by atoms with Crippen LogP contribution < -0.4 is 4.90 Å². The Labute approximate surface area is 161 Å². The molecule has 0 unspecified atom stereocenters. The second kappa shape index (κ2) is 4.77. The molecule has 0 aliphatic carbocycles. The summed E-state index contributed by atoms with van der Waals surface area (Å²) in [4.78, 5) is 3.92. The van der Waals surface area contributed by atoms with E-state index >= 15 is 0 Å². The van der Waals surface area contributed by atoms with Gasteiger partial charge in [-0.25, -0.2) is 0 Å². The number of anilines is 3. The first-order valence-electron chi connectivity index (χ1n) is 8.67. The number of halogens is 1. The molecule has 2 aromatic carbocycles. The highest BCUT2D eigenvalue weighted by Crippen LogP contribution is 2.61. The van der Waals surface area contributed by atoms with Crippen LogP contribution >= 0.6 is 27.3 Å². The van der Waals surface area contributed by atoms with Gasteiger partial charge in [0, 0.05) is 15.7 Å². The zero-order chi connectivity index (χ0) is 17.6. The van der Waals surface area contributed by atoms with Crippen molar-refractivity contribution in [3.05, 3.63) is 73.9 Å². The predicted molar refractivity (Wildman–Crippen MR) is 111 cm³/mol. The third-order valence-corrected chi connectivity index (χ3v) is 7.87. The Morgan fingerprint density at radius 2 is 1.44 bits per heavy atom. The number of fused-ring (bicyclic) bond motifs is 4. The molecule has 3 aromatic rings. The summed E-state index contributed by atoms with van der Waals surface area (Å²) in [6, 6.07) is 18.0. The van der Waals surface area contributed by atoms with Crippen molar-refractivity contribution in [2.45, 2.75) is 38.5 Å². The Morgan fingerprint density at radius 3 is 2.20 bits per heavy atom. The maximum atomic E-state index is 3.74. The summed E-state index contributed by atoms with van der Waals surface area (Å²) in [5, 5.41) is 0. The lowest BCUT2D eigenvalue weighted by Gasteiger charge is -2.48. The predicted octanol–water partition coefficient (Wildman–Crippen LogP) is 7.26. The fourth-order valence-corrected chi connectivity index (χ4v) is 6.28. The van der Waals surface area contributed by atoms with Gasteiger partial charge in [-0.05, 0) is 44.8 Å². The number of hydrogen-bond acceptors (Lipinski definition) is 2. The normalized spacial score (nSPS) is 18.4. The third-order valence-electron chi connectivity index (χ3n) is 5.92. The first-order valence-corrected chi connectivity index (χ1v) is 10.3. The van der Waals surface area contributed by atoms with E-state index in [2.05, 4.69) is 97.1 Å². The van der Waals surface area contributed by atoms with Crippen LogP contribution in [-0.4, -0.2) is 0 Å². The molecule has 0 bridgehead atoms. The minimum Gasteiger partial charge on any atom is -0.308 e. The first kappa shape index (κ1) is 15.7. The molecule has 5 rings (SSSR count). The van der Waals surface area contributed by atoms with Gasteiger partial charge >= 0.3 is 0 Å². The van der Waals surface area contributed by atoms with Crippen LogP contribution in [0, 0.1) is 0 Å². The summed E-state index contributed by atoms with van der Waals surface area (Å²) in [5.74, 6) is 0. The SMILES string of the molecule is CC1(C)c2ccccc2N2c3cc(Br)sc3C(C)(C)c3cccc1c32. The van der Waals surface area contributed by atoms with Gasteiger partial charge in [0.2, 0.25) is 0 Å². The van der Waals surface area contributed by atoms with Crippen LogP contribution in [0.15, 0.2) is 52.3 Å². The van der Waals surface area contributed by atoms with Gasteiger partial charge in [0.1, 0.15) is 0 Å². The smallest absolute Gasteiger partial charge is 0.0723 e. The molecule has 2 aliphatic rings. The van der Waals surface area contributed by atoms with E-state index in [1.54, 1.807) is 0 Å². The van der Waals surface area contributed by atoms with Crippen molar-refractivity contribution in [2.24, 2.45) is 0 Å². The van der Waals surface area contributed by atoms with Gasteiger partial charge in [-0.1, -0.05) is 64.1 Å². The molecule has 0 saturated heterocycles. The Balaban J connectivity index is 1.97. The van der Waals surface area contributed by atoms with E-state index in [1.807, 2.05) is 11.3 Å². The van der Waals surface area contributed by atoms with E-state index in [4.69, 9.17) is 0 Å². The standard InChI is InChI=1S/C22H20BrNS/c1-21(2)13-8-5-6-11-16(13)24-17-12-18(23)25-20(17)22(3,4)15-10-7-9-14(21)19(15)24/h5-12H,1-4H3. The van der Waals surface area contributed by atoms with E-state index in [9.17, 15) is 0 Å². The summed E-state index contributed by atoms with van der Waals surface area (Å²) >= 11 is 5.60. The van der Waals surface area contributed by atoms with Crippen molar-refractivity contribution >= 4 is 44.3 Å². The van der Waals surface area contributed by atoms with Crippen LogP contribution in [0.25, 0.3) is 0 Å². The van der Waals surface area contributed by atoms with Crippen molar-refractivity contribution in [3.8, 4) is 0 Å². The van der Waals surface area contributed by atoms with Gasteiger partial charge in [0.15, 0.2) is 0 Å². The van der Waals surface area contributed by atoms with Crippen LogP contribution in [0.2, 0.25) is 0 Å². The Morgan fingerprint density at radius 1 is 0.800 bits per heavy atom. The molecule has 3 heterocycles. The molecule has 0 fully saturated rings. The Kier molecular flexibility index (Phi) is 2.99. The topological polar surface area (TPSA) is 3.24 Å². The lowest BCUT2D eigenvalue weighted by molar-refractivity contribution is 0.604. The maximum absolute atomic E-state index is 3.74. The highest BCUT2D eigenvalue weighted by atomic mass is 79.9. The van der Waals surface area contributed by atoms with Crippen LogP contribution in [0.1, 0.15) is 49.3 Å². The van der Waals surface area contributed by atoms with Crippen molar-refractivity contribution in [1.82, 2.24) is 0 Å². The molecule has 0 atom stereocenters. The number of para-hydroxylation sites is 2. The summed E-state index contributed by atoms with van der Waals surface area (Å²) in [7, 11) is 0. The monoisotopic (exact) mass is 409 g/mol. The van der Waals surface area contributed by atoms with E-state index in [0.717, 1.165) is 0 Å². The number of benzene rings is 2. The van der Waals surface area contributed by atoms with E-state index < -0.39 is 0 Å². The van der Waals surface area contributed by atoms with Gasteiger partial charge in [-0.15, -0.1) is 11.3 Å². The molecule has 126 valence electrons. The number of hydrogen-bond donors (Lipinski definition) is 0. The quantitative estimate of drug-likeness (QED) is 0.377. The number of nitrogens with zero attached hydrogens (tertiary/aromatic N) is 1. The zero-order valence-electron chi connectivity index (χ0n) is 14.9. The van der Waals surface area contributed by atoms with Gasteiger partial charge in [0.25, 0.3) is 0 Å². The lowest BCUT2D eigenvalue weighted by Crippen LogP contribution is -2.37. The molecule has 3 heteroatoms. The minimum atomic E-state index is -0.000721. The molecule has 0 saturated carbocycles. The minimum absolute atomic E-state index is 0.000721. The van der Waals surface area contributed by atoms with Gasteiger partial charge in [-0.2, -0.15) is 0 Å². The molecular formula is C22H20BrNS. The zero-order valence-corrected chi connectivity index (χ0v) is 17.3. The molecule has 1 aromatic heterocycles. The van der Waals surface area contributed by atoms with Crippen molar-refractivity contribution in [1.29, 1.82) is 0 Å². The fourth-order valence-electron chi connectivity index (χ4n) is 4.59. The molecule has 0 N–H and O–H groups in total. The fraction of sp³-hybridized carbons (Fsp3) is 0.273. The molecular weight excluding hydrogens is 390 g/mol. The van der Waals surface area contributed by atoms with Crippen molar-refractivity contribution in [2.75, 3.05) is 4.90 Å². The average molecular weight is 410 g/mol. The van der Waals surface area contributed by atoms with Gasteiger partial charge in [0.05, 0.1) is 20.8 Å². The highest BCUT2D eigenvalue weighted by Gasteiger charge is 2.45. The second-order valence-electron chi connectivity index (χ2n) is 8.07. The van der Waals surface area contributed by atoms with Crippen molar-refractivity contribution < 1.29 is 0 Å². The van der Waals surface area contributed by atoms with Gasteiger partial charge in [-0.3, -0.25) is 0 Å². The van der Waals surface area contributed by atoms with Crippen LogP contribution in [-0.2, 0) is 10.8 Å². The number of thiophene rings is 1. The molecule has 0 radical (unpaired) electrons. The van der Waals surface area contributed by atoms with Gasteiger partial charge < -0.3 is 4.90 Å². The average Bonchev–Trinajstić information content (AvgIpc) is 2.97. The Bertz CT molecular complexity index is 1030. The summed E-state index contributed by atoms with van der Waals surface area (Å²) in [6.45, 7) is 9.42. The summed E-state index contributed by atoms with van der Waals surface area (Å²) < 4.78 is 1.20. The second-order valence-corrected chi connectivity index (χ2v) is 10.5. The molecule has 25 heavy (non-hydrogen) atoms. The molecule has 1 nitrogen and oxygen atoms in total. The first-order chi connectivity index (χ1) is 11.8. The Hall–Kier alpha value is -1.58. The molecule has 2 aliphatic heterocycles. The summed E-state index contributed by atoms with van der Waals surface area (Å²) in [5.41, 5.74) is 8.27. The highest BCUT2D eigenvalue weighted by molar-refractivity contribution is 9.11.